The minimum atomic E-state index is -0.0463. The number of ether oxygens (including phenoxy) is 2. The highest BCUT2D eigenvalue weighted by atomic mass is 127. The highest BCUT2D eigenvalue weighted by Crippen LogP contribution is 2.26. The second-order valence-electron chi connectivity index (χ2n) is 5.48. The molecule has 0 saturated heterocycles. The molecule has 2 rings (SSSR count). The van der Waals surface area contributed by atoms with Crippen LogP contribution in [-0.2, 0) is 6.54 Å². The smallest absolute Gasteiger partial charge is 0.191 e. The third kappa shape index (κ3) is 7.47. The Morgan fingerprint density at radius 3 is 2.50 bits per heavy atom. The number of para-hydroxylation sites is 2. The molecule has 0 spiro atoms. The molecule has 0 aliphatic rings. The number of pyridine rings is 1. The number of rotatable bonds is 8. The van der Waals surface area contributed by atoms with E-state index in [4.69, 9.17) is 9.47 Å². The number of hydrogen-bond acceptors (Lipinski definition) is 4. The Hall–Kier alpha value is -2.03. The Morgan fingerprint density at radius 1 is 1.12 bits per heavy atom. The van der Waals surface area contributed by atoms with Crippen molar-refractivity contribution in [1.29, 1.82) is 0 Å². The monoisotopic (exact) mass is 470 g/mol. The molecule has 1 atom stereocenters. The van der Waals surface area contributed by atoms with Gasteiger partial charge in [-0.05, 0) is 38.1 Å². The first-order valence-corrected chi connectivity index (χ1v) is 8.44. The molecule has 0 aliphatic heterocycles. The molecule has 142 valence electrons. The minimum Gasteiger partial charge on any atom is -0.493 e. The van der Waals surface area contributed by atoms with E-state index in [2.05, 4.69) is 20.6 Å². The van der Waals surface area contributed by atoms with E-state index in [0.29, 0.717) is 13.1 Å². The van der Waals surface area contributed by atoms with Gasteiger partial charge in [0.1, 0.15) is 6.10 Å². The van der Waals surface area contributed by atoms with Gasteiger partial charge in [-0.3, -0.25) is 4.98 Å². The molecule has 0 radical (unpaired) electrons. The maximum atomic E-state index is 5.95. The largest absolute Gasteiger partial charge is 0.493 e. The van der Waals surface area contributed by atoms with E-state index in [-0.39, 0.29) is 30.1 Å². The molecule has 1 heterocycles. The van der Waals surface area contributed by atoms with E-state index in [9.17, 15) is 0 Å². The lowest BCUT2D eigenvalue weighted by Crippen LogP contribution is -2.41. The summed E-state index contributed by atoms with van der Waals surface area (Å²) in [4.78, 5) is 8.83. The van der Waals surface area contributed by atoms with E-state index in [0.717, 1.165) is 29.7 Å². The molecule has 1 aromatic carbocycles. The molecular weight excluding hydrogens is 443 g/mol. The van der Waals surface area contributed by atoms with Crippen LogP contribution in [0.15, 0.2) is 53.7 Å². The summed E-state index contributed by atoms with van der Waals surface area (Å²) in [6, 6.07) is 13.4. The van der Waals surface area contributed by atoms with Crippen LogP contribution in [0.1, 0.15) is 19.5 Å². The quantitative estimate of drug-likeness (QED) is 0.353. The van der Waals surface area contributed by atoms with Crippen LogP contribution in [-0.4, -0.2) is 37.2 Å². The molecule has 6 nitrogen and oxygen atoms in total. The van der Waals surface area contributed by atoms with Gasteiger partial charge in [0.25, 0.3) is 0 Å². The second-order valence-corrected chi connectivity index (χ2v) is 5.48. The van der Waals surface area contributed by atoms with Crippen LogP contribution < -0.4 is 20.1 Å². The molecule has 7 heteroatoms. The van der Waals surface area contributed by atoms with Gasteiger partial charge < -0.3 is 20.1 Å². The summed E-state index contributed by atoms with van der Waals surface area (Å²) in [5.41, 5.74) is 0.929. The van der Waals surface area contributed by atoms with Gasteiger partial charge in [-0.2, -0.15) is 0 Å². The minimum absolute atomic E-state index is 0. The predicted molar refractivity (Wildman–Crippen MR) is 116 cm³/mol. The van der Waals surface area contributed by atoms with Gasteiger partial charge in [-0.15, -0.1) is 24.0 Å². The zero-order chi connectivity index (χ0) is 17.9. The Morgan fingerprint density at radius 2 is 1.85 bits per heavy atom. The number of nitrogens with one attached hydrogen (secondary N) is 2. The van der Waals surface area contributed by atoms with Gasteiger partial charge in [-0.25, -0.2) is 4.99 Å². The first kappa shape index (κ1) is 22.0. The summed E-state index contributed by atoms with van der Waals surface area (Å²) < 4.78 is 11.3. The number of methoxy groups -OCH3 is 1. The van der Waals surface area contributed by atoms with Crippen molar-refractivity contribution in [3.8, 4) is 11.5 Å². The lowest BCUT2D eigenvalue weighted by Gasteiger charge is -2.19. The summed E-state index contributed by atoms with van der Waals surface area (Å²) in [7, 11) is 1.64. The van der Waals surface area contributed by atoms with Crippen LogP contribution in [0.4, 0.5) is 0 Å². The van der Waals surface area contributed by atoms with Crippen molar-refractivity contribution in [1.82, 2.24) is 15.6 Å². The third-order valence-electron chi connectivity index (χ3n) is 3.42. The van der Waals surface area contributed by atoms with E-state index in [1.165, 1.54) is 0 Å². The molecule has 0 amide bonds. The van der Waals surface area contributed by atoms with E-state index in [1.807, 2.05) is 56.3 Å². The standard InChI is InChI=1S/C19H26N4O2.HI/c1-4-20-19(23-14-16-9-7-8-12-21-16)22-13-15(2)25-18-11-6-5-10-17(18)24-3;/h5-12,15H,4,13-14H2,1-3H3,(H2,20,22,23);1H. The number of aliphatic imine (C=N–C) groups is 1. The number of aromatic nitrogens is 1. The molecule has 0 fully saturated rings. The number of benzene rings is 1. The normalized spacial score (nSPS) is 11.9. The Bertz CT molecular complexity index is 668. The van der Waals surface area contributed by atoms with Crippen molar-refractivity contribution in [3.63, 3.8) is 0 Å². The van der Waals surface area contributed by atoms with Crippen LogP contribution >= 0.6 is 24.0 Å². The van der Waals surface area contributed by atoms with Gasteiger partial charge >= 0.3 is 0 Å². The van der Waals surface area contributed by atoms with Crippen molar-refractivity contribution in [3.05, 3.63) is 54.4 Å². The molecule has 26 heavy (non-hydrogen) atoms. The average Bonchev–Trinajstić information content (AvgIpc) is 2.65. The maximum absolute atomic E-state index is 5.95. The average molecular weight is 470 g/mol. The Balaban J connectivity index is 0.00000338. The Labute approximate surface area is 172 Å². The summed E-state index contributed by atoms with van der Waals surface area (Å²) in [5.74, 6) is 2.20. The summed E-state index contributed by atoms with van der Waals surface area (Å²) in [6.07, 6.45) is 1.73. The number of halogens is 1. The zero-order valence-corrected chi connectivity index (χ0v) is 17.8. The first-order chi connectivity index (χ1) is 12.2. The van der Waals surface area contributed by atoms with Crippen LogP contribution in [0.2, 0.25) is 0 Å². The highest BCUT2D eigenvalue weighted by Gasteiger charge is 2.09. The third-order valence-corrected chi connectivity index (χ3v) is 3.42. The van der Waals surface area contributed by atoms with Gasteiger partial charge in [0.05, 0.1) is 25.9 Å². The molecule has 2 N–H and O–H groups in total. The maximum Gasteiger partial charge on any atom is 0.191 e. The molecule has 2 aromatic rings. The molecule has 0 bridgehead atoms. The number of hydrogen-bond donors (Lipinski definition) is 2. The van der Waals surface area contributed by atoms with Crippen LogP contribution in [0.25, 0.3) is 0 Å². The first-order valence-electron chi connectivity index (χ1n) is 8.44. The van der Waals surface area contributed by atoms with Crippen molar-refractivity contribution in [2.75, 3.05) is 20.2 Å². The van der Waals surface area contributed by atoms with E-state index in [1.54, 1.807) is 13.3 Å². The second kappa shape index (κ2) is 12.3. The Kier molecular flexibility index (Phi) is 10.5. The fraction of sp³-hybridized carbons (Fsp3) is 0.368. The highest BCUT2D eigenvalue weighted by molar-refractivity contribution is 14.0. The number of nitrogens with zero attached hydrogens (tertiary/aromatic N) is 2. The summed E-state index contributed by atoms with van der Waals surface area (Å²) in [6.45, 7) is 5.97. The van der Waals surface area contributed by atoms with Crippen LogP contribution in [0.5, 0.6) is 11.5 Å². The van der Waals surface area contributed by atoms with Crippen molar-refractivity contribution < 1.29 is 9.47 Å². The predicted octanol–water partition coefficient (Wildman–Crippen LogP) is 3.23. The number of guanidine groups is 1. The van der Waals surface area contributed by atoms with Crippen LogP contribution in [0.3, 0.4) is 0 Å². The van der Waals surface area contributed by atoms with Gasteiger partial charge in [0.15, 0.2) is 17.5 Å². The van der Waals surface area contributed by atoms with Crippen molar-refractivity contribution in [2.45, 2.75) is 26.5 Å². The lowest BCUT2D eigenvalue weighted by atomic mass is 10.3. The van der Waals surface area contributed by atoms with Gasteiger partial charge in [-0.1, -0.05) is 18.2 Å². The molecule has 0 aliphatic carbocycles. The van der Waals surface area contributed by atoms with Crippen molar-refractivity contribution in [2.24, 2.45) is 4.99 Å². The molecule has 1 unspecified atom stereocenters. The van der Waals surface area contributed by atoms with Crippen LogP contribution in [0, 0.1) is 0 Å². The molecule has 0 saturated carbocycles. The van der Waals surface area contributed by atoms with Gasteiger partial charge in [0, 0.05) is 12.7 Å². The van der Waals surface area contributed by atoms with E-state index >= 15 is 0 Å². The lowest BCUT2D eigenvalue weighted by molar-refractivity contribution is 0.213. The molecule has 1 aromatic heterocycles. The summed E-state index contributed by atoms with van der Waals surface area (Å²) >= 11 is 0. The molecular formula is C19H27IN4O2. The fourth-order valence-electron chi connectivity index (χ4n) is 2.21. The summed E-state index contributed by atoms with van der Waals surface area (Å²) in [5, 5.41) is 6.52. The van der Waals surface area contributed by atoms with E-state index < -0.39 is 0 Å². The topological polar surface area (TPSA) is 67.8 Å². The SMILES string of the molecule is CCNC(=NCc1ccccn1)NCC(C)Oc1ccccc1OC.I. The van der Waals surface area contributed by atoms with Gasteiger partial charge in [0.2, 0.25) is 0 Å². The fourth-order valence-corrected chi connectivity index (χ4v) is 2.21. The van der Waals surface area contributed by atoms with Crippen molar-refractivity contribution >= 4 is 29.9 Å². The zero-order valence-electron chi connectivity index (χ0n) is 15.4.